The summed E-state index contributed by atoms with van der Waals surface area (Å²) in [5.74, 6) is -0.675. The molecular formula is C24H33N5O4. The van der Waals surface area contributed by atoms with Crippen LogP contribution in [0.25, 0.3) is 10.9 Å². The van der Waals surface area contributed by atoms with Gasteiger partial charge in [-0.3, -0.25) is 19.7 Å². The molecule has 0 radical (unpaired) electrons. The molecule has 1 spiro atoms. The van der Waals surface area contributed by atoms with E-state index in [2.05, 4.69) is 26.3 Å². The topological polar surface area (TPSA) is 124 Å². The number of aromatic nitrogens is 1. The molecule has 5 N–H and O–H groups in total. The molecule has 33 heavy (non-hydrogen) atoms. The number of nitrogens with one attached hydrogen (secondary N) is 5. The van der Waals surface area contributed by atoms with Gasteiger partial charge in [0.1, 0.15) is 12.1 Å². The minimum absolute atomic E-state index is 0.0245. The minimum atomic E-state index is -0.814. The van der Waals surface area contributed by atoms with E-state index in [0.717, 1.165) is 16.5 Å². The number of rotatable bonds is 4. The zero-order valence-corrected chi connectivity index (χ0v) is 19.4. The van der Waals surface area contributed by atoms with Crippen molar-refractivity contribution in [3.05, 3.63) is 36.0 Å². The Morgan fingerprint density at radius 3 is 2.45 bits per heavy atom. The van der Waals surface area contributed by atoms with Crippen LogP contribution in [0.2, 0.25) is 0 Å². The predicted molar refractivity (Wildman–Crippen MR) is 124 cm³/mol. The van der Waals surface area contributed by atoms with E-state index in [1.807, 2.05) is 51.2 Å². The Morgan fingerprint density at radius 1 is 1.03 bits per heavy atom. The van der Waals surface area contributed by atoms with Gasteiger partial charge in [0.2, 0.25) is 17.7 Å². The highest BCUT2D eigenvalue weighted by molar-refractivity contribution is 5.93. The van der Waals surface area contributed by atoms with Crippen molar-refractivity contribution in [2.45, 2.75) is 57.3 Å². The second kappa shape index (κ2) is 9.52. The molecular weight excluding hydrogens is 422 g/mol. The van der Waals surface area contributed by atoms with E-state index >= 15 is 0 Å². The Bertz CT molecular complexity index is 1030. The van der Waals surface area contributed by atoms with Gasteiger partial charge in [0.25, 0.3) is 0 Å². The first-order chi connectivity index (χ1) is 15.8. The first-order valence-electron chi connectivity index (χ1n) is 11.6. The summed E-state index contributed by atoms with van der Waals surface area (Å²) in [7, 11) is 0. The number of amides is 3. The van der Waals surface area contributed by atoms with Gasteiger partial charge in [-0.15, -0.1) is 0 Å². The molecule has 0 saturated carbocycles. The van der Waals surface area contributed by atoms with Crippen molar-refractivity contribution in [1.82, 2.24) is 26.3 Å². The number of fused-ring (bicyclic) bond motifs is 1. The largest absolute Gasteiger partial charge is 0.377 e. The third-order valence-electron chi connectivity index (χ3n) is 6.60. The molecule has 2 aliphatic rings. The molecule has 0 aliphatic carbocycles. The highest BCUT2D eigenvalue weighted by atomic mass is 16.5. The van der Waals surface area contributed by atoms with E-state index < -0.39 is 17.6 Å². The lowest BCUT2D eigenvalue weighted by atomic mass is 9.88. The fourth-order valence-corrected chi connectivity index (χ4v) is 4.49. The Labute approximate surface area is 193 Å². The van der Waals surface area contributed by atoms with Gasteiger partial charge in [0.15, 0.2) is 0 Å². The molecule has 0 unspecified atom stereocenters. The molecule has 9 nitrogen and oxygen atoms in total. The number of ether oxygens (including phenoxy) is 1. The van der Waals surface area contributed by atoms with Crippen LogP contribution in [0.3, 0.4) is 0 Å². The summed E-state index contributed by atoms with van der Waals surface area (Å²) in [6.45, 7) is 6.74. The number of carbonyl (C=O) groups is 3. The maximum absolute atomic E-state index is 13.3. The first kappa shape index (κ1) is 23.3. The van der Waals surface area contributed by atoms with E-state index in [0.29, 0.717) is 26.1 Å². The van der Waals surface area contributed by atoms with Crippen LogP contribution in [-0.4, -0.2) is 66.1 Å². The summed E-state index contributed by atoms with van der Waals surface area (Å²) < 4.78 is 5.40. The fraction of sp³-hybridized carbons (Fsp3) is 0.542. The van der Waals surface area contributed by atoms with Crippen LogP contribution in [0, 0.1) is 5.92 Å². The van der Waals surface area contributed by atoms with Gasteiger partial charge in [0, 0.05) is 29.6 Å². The molecule has 2 fully saturated rings. The molecule has 3 heterocycles. The number of carbonyl (C=O) groups excluding carboxylic acids is 3. The normalized spacial score (nSPS) is 26.2. The van der Waals surface area contributed by atoms with Crippen LogP contribution in [0.15, 0.2) is 30.5 Å². The molecule has 3 atom stereocenters. The van der Waals surface area contributed by atoms with Crippen molar-refractivity contribution in [2.24, 2.45) is 5.92 Å². The van der Waals surface area contributed by atoms with E-state index in [1.165, 1.54) is 0 Å². The molecule has 1 aromatic carbocycles. The van der Waals surface area contributed by atoms with Gasteiger partial charge in [-0.1, -0.05) is 32.0 Å². The summed E-state index contributed by atoms with van der Waals surface area (Å²) in [6.07, 6.45) is 2.66. The average molecular weight is 456 g/mol. The van der Waals surface area contributed by atoms with Crippen molar-refractivity contribution in [1.29, 1.82) is 0 Å². The van der Waals surface area contributed by atoms with E-state index in [9.17, 15) is 14.4 Å². The zero-order valence-electron chi connectivity index (χ0n) is 19.4. The molecule has 0 bridgehead atoms. The predicted octanol–water partition coefficient (Wildman–Crippen LogP) is 0.603. The Morgan fingerprint density at radius 2 is 1.76 bits per heavy atom. The lowest BCUT2D eigenvalue weighted by Gasteiger charge is -2.47. The van der Waals surface area contributed by atoms with Gasteiger partial charge < -0.3 is 25.7 Å². The molecule has 1 aromatic heterocycles. The molecule has 2 saturated heterocycles. The molecule has 4 rings (SSSR count). The second-order valence-corrected chi connectivity index (χ2v) is 9.61. The summed E-state index contributed by atoms with van der Waals surface area (Å²) in [6, 6.07) is 6.05. The smallest absolute Gasteiger partial charge is 0.243 e. The van der Waals surface area contributed by atoms with Crippen LogP contribution in [0.1, 0.15) is 32.8 Å². The fourth-order valence-electron chi connectivity index (χ4n) is 4.49. The van der Waals surface area contributed by atoms with Gasteiger partial charge in [-0.25, -0.2) is 0 Å². The van der Waals surface area contributed by atoms with Gasteiger partial charge in [-0.2, -0.15) is 0 Å². The third kappa shape index (κ3) is 5.04. The van der Waals surface area contributed by atoms with Crippen molar-refractivity contribution >= 4 is 28.6 Å². The maximum Gasteiger partial charge on any atom is 0.243 e. The average Bonchev–Trinajstić information content (AvgIpc) is 3.14. The maximum atomic E-state index is 13.3. The van der Waals surface area contributed by atoms with Crippen LogP contribution >= 0.6 is 0 Å². The van der Waals surface area contributed by atoms with Crippen molar-refractivity contribution in [3.63, 3.8) is 0 Å². The Hall–Kier alpha value is -2.91. The number of hydrogen-bond donors (Lipinski definition) is 5. The highest BCUT2D eigenvalue weighted by Gasteiger charge is 2.45. The van der Waals surface area contributed by atoms with Crippen molar-refractivity contribution < 1.29 is 19.1 Å². The lowest BCUT2D eigenvalue weighted by Crippen LogP contribution is -2.72. The quantitative estimate of drug-likeness (QED) is 0.462. The zero-order chi connectivity index (χ0) is 23.6. The van der Waals surface area contributed by atoms with Crippen LogP contribution in [0.5, 0.6) is 0 Å². The van der Waals surface area contributed by atoms with E-state index in [4.69, 9.17) is 4.74 Å². The third-order valence-corrected chi connectivity index (χ3v) is 6.60. The monoisotopic (exact) mass is 455 g/mol. The van der Waals surface area contributed by atoms with Gasteiger partial charge in [-0.05, 0) is 30.9 Å². The van der Waals surface area contributed by atoms with Crippen LogP contribution in [0.4, 0.5) is 0 Å². The first-order valence-corrected chi connectivity index (χ1v) is 11.6. The molecule has 2 aromatic rings. The van der Waals surface area contributed by atoms with E-state index in [1.54, 1.807) is 0 Å². The number of aromatic amines is 1. The molecule has 2 aliphatic heterocycles. The van der Waals surface area contributed by atoms with Crippen LogP contribution < -0.4 is 21.3 Å². The number of benzene rings is 1. The number of H-pyrrole nitrogens is 1. The summed E-state index contributed by atoms with van der Waals surface area (Å²) in [4.78, 5) is 42.4. The second-order valence-electron chi connectivity index (χ2n) is 9.61. The van der Waals surface area contributed by atoms with E-state index in [-0.39, 0.29) is 36.2 Å². The molecule has 3 amide bonds. The standard InChI is InChI=1S/C24H33N5O4/c1-14(2)8-19-22(31)27-15(3)24(12-33-13-24)26-11-21(30)28-20(23(32)29-19)9-16-10-25-18-7-5-4-6-17(16)18/h4-7,10,14-15,19-20,25-26H,8-9,11-13H2,1-3H3,(H,27,31)(H,28,30)(H,29,32)/t15-,19-,20-/m0/s1. The SMILES string of the molecule is CC(C)C[C@@H]1NC(=O)[C@H](Cc2c[nH]c3ccccc23)NC(=O)CNC2(COC2)[C@H](C)NC1=O. The van der Waals surface area contributed by atoms with Crippen molar-refractivity contribution in [2.75, 3.05) is 19.8 Å². The highest BCUT2D eigenvalue weighted by Crippen LogP contribution is 2.22. The lowest BCUT2D eigenvalue weighted by molar-refractivity contribution is -0.137. The minimum Gasteiger partial charge on any atom is -0.377 e. The molecule has 178 valence electrons. The van der Waals surface area contributed by atoms with Gasteiger partial charge >= 0.3 is 0 Å². The number of hydrogen-bond acceptors (Lipinski definition) is 5. The Kier molecular flexibility index (Phi) is 6.71. The summed E-state index contributed by atoms with van der Waals surface area (Å²) in [5.41, 5.74) is 1.38. The molecule has 9 heteroatoms. The van der Waals surface area contributed by atoms with Crippen LogP contribution in [-0.2, 0) is 25.5 Å². The summed E-state index contributed by atoms with van der Waals surface area (Å²) in [5, 5.41) is 13.1. The van der Waals surface area contributed by atoms with Crippen molar-refractivity contribution in [3.8, 4) is 0 Å². The Balaban J connectivity index is 1.61. The summed E-state index contributed by atoms with van der Waals surface area (Å²) >= 11 is 0. The number of para-hydroxylation sites is 1. The van der Waals surface area contributed by atoms with Gasteiger partial charge in [0.05, 0.1) is 25.3 Å².